The molecule has 0 radical (unpaired) electrons. The van der Waals surface area contributed by atoms with Crippen LogP contribution >= 0.6 is 31.9 Å². The number of hydrogen-bond acceptors (Lipinski definition) is 6. The summed E-state index contributed by atoms with van der Waals surface area (Å²) in [7, 11) is 0. The highest BCUT2D eigenvalue weighted by Gasteiger charge is 2.36. The first-order chi connectivity index (χ1) is 18.3. The van der Waals surface area contributed by atoms with E-state index in [4.69, 9.17) is 9.47 Å². The Morgan fingerprint density at radius 1 is 0.579 bits per heavy atom. The van der Waals surface area contributed by atoms with Crippen molar-refractivity contribution in [2.75, 3.05) is 36.0 Å². The van der Waals surface area contributed by atoms with E-state index in [9.17, 15) is 9.59 Å². The monoisotopic (exact) mass is 638 g/mol. The summed E-state index contributed by atoms with van der Waals surface area (Å²) in [5, 5.41) is 1.14. The normalized spacial score (nSPS) is 13.8. The van der Waals surface area contributed by atoms with Gasteiger partial charge >= 0.3 is 11.9 Å². The molecule has 2 aliphatic heterocycles. The van der Waals surface area contributed by atoms with Gasteiger partial charge in [-0.05, 0) is 94.9 Å². The number of esters is 2. The van der Waals surface area contributed by atoms with Crippen molar-refractivity contribution >= 4 is 66.3 Å². The van der Waals surface area contributed by atoms with Crippen LogP contribution in [0.2, 0.25) is 0 Å². The van der Waals surface area contributed by atoms with Gasteiger partial charge in [0.2, 0.25) is 0 Å². The van der Waals surface area contributed by atoms with Gasteiger partial charge in [0.15, 0.2) is 11.5 Å². The molecule has 5 rings (SSSR count). The Bertz CT molecular complexity index is 1440. The van der Waals surface area contributed by atoms with Crippen molar-refractivity contribution in [3.05, 3.63) is 79.0 Å². The SMILES string of the molecule is CCN(CC)c1ccc(C2=c3c(Br)c4c(c(Br)c3OC2=O)=C(c2ccc(N(CC)CC)cc2)C(=O)O4)cc1. The van der Waals surface area contributed by atoms with Gasteiger partial charge in [-0.25, -0.2) is 9.59 Å². The molecule has 0 aromatic heterocycles. The predicted octanol–water partition coefficient (Wildman–Crippen LogP) is 5.14. The second-order valence-corrected chi connectivity index (χ2v) is 10.6. The second kappa shape index (κ2) is 10.6. The molecule has 0 aliphatic carbocycles. The fourth-order valence-corrected chi connectivity index (χ4v) is 6.47. The van der Waals surface area contributed by atoms with Gasteiger partial charge in [0.25, 0.3) is 0 Å². The number of anilines is 2. The molecule has 0 saturated carbocycles. The Hall–Kier alpha value is -3.10. The third-order valence-corrected chi connectivity index (χ3v) is 8.67. The van der Waals surface area contributed by atoms with Gasteiger partial charge in [-0.15, -0.1) is 0 Å². The van der Waals surface area contributed by atoms with Crippen molar-refractivity contribution in [1.82, 2.24) is 0 Å². The molecule has 2 aliphatic rings. The number of carbonyl (C=O) groups excluding carboxylic acids is 2. The van der Waals surface area contributed by atoms with E-state index in [1.54, 1.807) is 0 Å². The standard InChI is InChI=1S/C30H28Br2N2O4/c1-5-33(6-2)19-13-9-17(10-14-19)21-23-25(31)28-24(26(32)27(23)37-29(21)35)22(30(36)38-28)18-11-15-20(16-12-18)34(7-3)8-4/h9-16H,5-8H2,1-4H3. The summed E-state index contributed by atoms with van der Waals surface area (Å²) in [4.78, 5) is 30.8. The molecule has 0 atom stereocenters. The van der Waals surface area contributed by atoms with E-state index < -0.39 is 11.9 Å². The largest absolute Gasteiger partial charge is 0.421 e. The molecule has 0 bridgehead atoms. The molecule has 2 heterocycles. The molecule has 8 heteroatoms. The lowest BCUT2D eigenvalue weighted by Crippen LogP contribution is -2.21. The molecule has 196 valence electrons. The summed E-state index contributed by atoms with van der Waals surface area (Å²) in [6.45, 7) is 12.0. The molecular formula is C30H28Br2N2O4. The van der Waals surface area contributed by atoms with Crippen molar-refractivity contribution in [2.24, 2.45) is 0 Å². The Morgan fingerprint density at radius 2 is 0.895 bits per heavy atom. The lowest BCUT2D eigenvalue weighted by atomic mass is 10.0. The Morgan fingerprint density at radius 3 is 1.18 bits per heavy atom. The summed E-state index contributed by atoms with van der Waals surface area (Å²) in [6.07, 6.45) is 0. The Labute approximate surface area is 238 Å². The summed E-state index contributed by atoms with van der Waals surface area (Å²) in [5.41, 5.74) is 4.49. The van der Waals surface area contributed by atoms with Gasteiger partial charge in [-0.2, -0.15) is 0 Å². The van der Waals surface area contributed by atoms with Crippen LogP contribution in [0.4, 0.5) is 11.4 Å². The lowest BCUT2D eigenvalue weighted by molar-refractivity contribution is -0.128. The molecule has 38 heavy (non-hydrogen) atoms. The third kappa shape index (κ3) is 4.24. The van der Waals surface area contributed by atoms with Crippen LogP contribution in [-0.4, -0.2) is 38.1 Å². The van der Waals surface area contributed by atoms with E-state index >= 15 is 0 Å². The number of benzene rings is 3. The highest BCUT2D eigenvalue weighted by Crippen LogP contribution is 2.37. The summed E-state index contributed by atoms with van der Waals surface area (Å²) in [6, 6.07) is 15.7. The molecule has 0 amide bonds. The second-order valence-electron chi connectivity index (χ2n) is 9.00. The van der Waals surface area contributed by atoms with E-state index in [-0.39, 0.29) is 0 Å². The van der Waals surface area contributed by atoms with Crippen molar-refractivity contribution in [3.8, 4) is 11.5 Å². The molecule has 0 spiro atoms. The summed E-state index contributed by atoms with van der Waals surface area (Å²) in [5.74, 6) is -0.146. The van der Waals surface area contributed by atoms with Crippen LogP contribution in [0.3, 0.4) is 0 Å². The van der Waals surface area contributed by atoms with Gasteiger partial charge in [-0.1, -0.05) is 24.3 Å². The van der Waals surface area contributed by atoms with Gasteiger partial charge in [-0.3, -0.25) is 0 Å². The zero-order valence-corrected chi connectivity index (χ0v) is 24.9. The van der Waals surface area contributed by atoms with Crippen molar-refractivity contribution < 1.29 is 19.1 Å². The number of rotatable bonds is 8. The average molecular weight is 640 g/mol. The number of ether oxygens (including phenoxy) is 2. The fraction of sp³-hybridized carbons (Fsp3) is 0.267. The van der Waals surface area contributed by atoms with Crippen LogP contribution in [0, 0.1) is 0 Å². The minimum atomic E-state index is -0.447. The summed E-state index contributed by atoms with van der Waals surface area (Å²) < 4.78 is 12.6. The number of halogens is 2. The van der Waals surface area contributed by atoms with E-state index in [1.807, 2.05) is 48.5 Å². The topological polar surface area (TPSA) is 59.1 Å². The third-order valence-electron chi connectivity index (χ3n) is 7.16. The molecule has 0 N–H and O–H groups in total. The Balaban J connectivity index is 1.69. The lowest BCUT2D eigenvalue weighted by Gasteiger charge is -2.21. The van der Waals surface area contributed by atoms with Gasteiger partial charge in [0, 0.05) is 37.6 Å². The van der Waals surface area contributed by atoms with Crippen LogP contribution in [0.5, 0.6) is 11.5 Å². The highest BCUT2D eigenvalue weighted by molar-refractivity contribution is 9.11. The van der Waals surface area contributed by atoms with Crippen molar-refractivity contribution in [1.29, 1.82) is 0 Å². The Kier molecular flexibility index (Phi) is 7.38. The maximum atomic E-state index is 13.1. The van der Waals surface area contributed by atoms with Crippen LogP contribution in [-0.2, 0) is 9.59 Å². The molecule has 0 unspecified atom stereocenters. The van der Waals surface area contributed by atoms with Crippen LogP contribution < -0.4 is 29.7 Å². The number of carbonyl (C=O) groups is 2. The number of fused-ring (bicyclic) bond motifs is 2. The molecule has 3 aromatic rings. The molecule has 6 nitrogen and oxygen atoms in total. The molecule has 0 saturated heterocycles. The smallest absolute Gasteiger partial charge is 0.345 e. The minimum absolute atomic E-state index is 0.374. The quantitative estimate of drug-likeness (QED) is 0.251. The molecule has 3 aromatic carbocycles. The van der Waals surface area contributed by atoms with E-state index in [2.05, 4.69) is 69.4 Å². The zero-order valence-electron chi connectivity index (χ0n) is 21.7. The van der Waals surface area contributed by atoms with Gasteiger partial charge < -0.3 is 19.3 Å². The number of hydrogen-bond donors (Lipinski definition) is 0. The molecule has 0 fully saturated rings. The predicted molar refractivity (Wildman–Crippen MR) is 157 cm³/mol. The van der Waals surface area contributed by atoms with E-state index in [0.29, 0.717) is 42.0 Å². The maximum Gasteiger partial charge on any atom is 0.345 e. The van der Waals surface area contributed by atoms with Crippen LogP contribution in [0.15, 0.2) is 57.5 Å². The summed E-state index contributed by atoms with van der Waals surface area (Å²) >= 11 is 7.28. The fourth-order valence-electron chi connectivity index (χ4n) is 5.16. The average Bonchev–Trinajstić information content (AvgIpc) is 3.47. The first kappa shape index (κ1) is 26.5. The van der Waals surface area contributed by atoms with Crippen molar-refractivity contribution in [3.63, 3.8) is 0 Å². The first-order valence-electron chi connectivity index (χ1n) is 12.8. The van der Waals surface area contributed by atoms with Crippen LogP contribution in [0.25, 0.3) is 11.1 Å². The van der Waals surface area contributed by atoms with E-state index in [1.165, 1.54) is 0 Å². The first-order valence-corrected chi connectivity index (χ1v) is 14.4. The zero-order chi connectivity index (χ0) is 27.1. The van der Waals surface area contributed by atoms with Crippen molar-refractivity contribution in [2.45, 2.75) is 27.7 Å². The van der Waals surface area contributed by atoms with Crippen LogP contribution in [0.1, 0.15) is 38.8 Å². The highest BCUT2D eigenvalue weighted by atomic mass is 79.9. The minimum Gasteiger partial charge on any atom is -0.421 e. The van der Waals surface area contributed by atoms with E-state index in [0.717, 1.165) is 48.7 Å². The van der Waals surface area contributed by atoms with Gasteiger partial charge in [0.1, 0.15) is 0 Å². The molecular weight excluding hydrogens is 612 g/mol. The maximum absolute atomic E-state index is 13.1. The van der Waals surface area contributed by atoms with Gasteiger partial charge in [0.05, 0.1) is 30.5 Å². The number of nitrogens with zero attached hydrogens (tertiary/aromatic N) is 2.